The second kappa shape index (κ2) is 9.45. The van der Waals surface area contributed by atoms with E-state index >= 15 is 0 Å². The maximum absolute atomic E-state index is 13.8. The first-order valence-electron chi connectivity index (χ1n) is 10.2. The van der Waals surface area contributed by atoms with Gasteiger partial charge in [0.15, 0.2) is 11.5 Å². The molecule has 3 aromatic rings. The van der Waals surface area contributed by atoms with E-state index in [9.17, 15) is 4.39 Å². The van der Waals surface area contributed by atoms with Gasteiger partial charge in [-0.15, -0.1) is 10.2 Å². The van der Waals surface area contributed by atoms with Crippen molar-refractivity contribution in [1.29, 1.82) is 5.26 Å². The minimum Gasteiger partial charge on any atom is -0.383 e. The number of nitrogens with zero attached hydrogens (tertiary/aromatic N) is 5. The van der Waals surface area contributed by atoms with Gasteiger partial charge in [0.05, 0.1) is 18.1 Å². The van der Waals surface area contributed by atoms with Crippen LogP contribution in [-0.2, 0) is 0 Å². The summed E-state index contributed by atoms with van der Waals surface area (Å²) in [6.07, 6.45) is 5.09. The molecule has 0 saturated carbocycles. The molecule has 1 aromatic carbocycles. The molecule has 8 nitrogen and oxygen atoms in total. The standard InChI is InChI=1S/C22H23FN8/c1-14-8-16(2-3-18(14)23)22-19(27-11-15-4-6-25-7-5-15)9-20(30-31-22)29-21-13-26-17(10-24)12-28-21/h2-3,8-9,12-13,15,25H,4-7,11H2,1H3,(H2,27,28,29,30). The van der Waals surface area contributed by atoms with Crippen molar-refractivity contribution in [3.8, 4) is 17.3 Å². The van der Waals surface area contributed by atoms with Gasteiger partial charge in [0.2, 0.25) is 0 Å². The third-order valence-corrected chi connectivity index (χ3v) is 5.29. The van der Waals surface area contributed by atoms with E-state index in [1.54, 1.807) is 19.1 Å². The Labute approximate surface area is 180 Å². The van der Waals surface area contributed by atoms with E-state index in [0.717, 1.165) is 43.7 Å². The first-order valence-corrected chi connectivity index (χ1v) is 10.2. The molecule has 31 heavy (non-hydrogen) atoms. The van der Waals surface area contributed by atoms with E-state index in [2.05, 4.69) is 36.1 Å². The third-order valence-electron chi connectivity index (χ3n) is 5.29. The molecular formula is C22H23FN8. The normalized spacial score (nSPS) is 14.1. The van der Waals surface area contributed by atoms with E-state index in [1.807, 2.05) is 12.1 Å². The van der Waals surface area contributed by atoms with Crippen LogP contribution in [0.4, 0.5) is 21.7 Å². The molecule has 2 aromatic heterocycles. The van der Waals surface area contributed by atoms with Crippen LogP contribution >= 0.6 is 0 Å². The molecule has 0 radical (unpaired) electrons. The number of piperidine rings is 1. The lowest BCUT2D eigenvalue weighted by molar-refractivity contribution is 0.390. The molecule has 0 aliphatic carbocycles. The number of anilines is 3. The van der Waals surface area contributed by atoms with Crippen LogP contribution in [0.2, 0.25) is 0 Å². The average Bonchev–Trinajstić information content (AvgIpc) is 2.81. The summed E-state index contributed by atoms with van der Waals surface area (Å²) in [6.45, 7) is 4.59. The highest BCUT2D eigenvalue weighted by atomic mass is 19.1. The zero-order valence-electron chi connectivity index (χ0n) is 17.2. The lowest BCUT2D eigenvalue weighted by Gasteiger charge is -2.24. The van der Waals surface area contributed by atoms with Gasteiger partial charge in [-0.05, 0) is 62.5 Å². The topological polar surface area (TPSA) is 111 Å². The summed E-state index contributed by atoms with van der Waals surface area (Å²) in [5.74, 6) is 1.27. The predicted octanol–water partition coefficient (Wildman–Crippen LogP) is 3.41. The Balaban J connectivity index is 1.61. The molecule has 9 heteroatoms. The maximum atomic E-state index is 13.8. The second-order valence-corrected chi connectivity index (χ2v) is 7.55. The Hall–Kier alpha value is -3.64. The summed E-state index contributed by atoms with van der Waals surface area (Å²) >= 11 is 0. The van der Waals surface area contributed by atoms with Crippen LogP contribution in [0.1, 0.15) is 24.1 Å². The fourth-order valence-corrected chi connectivity index (χ4v) is 3.51. The Morgan fingerprint density at radius 3 is 2.68 bits per heavy atom. The van der Waals surface area contributed by atoms with Gasteiger partial charge in [-0.25, -0.2) is 14.4 Å². The highest BCUT2D eigenvalue weighted by Gasteiger charge is 2.16. The summed E-state index contributed by atoms with van der Waals surface area (Å²) in [5.41, 5.74) is 3.06. The Morgan fingerprint density at radius 1 is 1.13 bits per heavy atom. The molecular weight excluding hydrogens is 395 g/mol. The Kier molecular flexibility index (Phi) is 6.29. The number of rotatable bonds is 6. The molecule has 158 valence electrons. The van der Waals surface area contributed by atoms with E-state index in [0.29, 0.717) is 28.8 Å². The molecule has 0 amide bonds. The largest absolute Gasteiger partial charge is 0.383 e. The number of hydrogen-bond acceptors (Lipinski definition) is 8. The monoisotopic (exact) mass is 418 g/mol. The van der Waals surface area contributed by atoms with Crippen LogP contribution < -0.4 is 16.0 Å². The van der Waals surface area contributed by atoms with Gasteiger partial charge >= 0.3 is 0 Å². The van der Waals surface area contributed by atoms with Gasteiger partial charge in [0.25, 0.3) is 0 Å². The number of aryl methyl sites for hydroxylation is 1. The molecule has 1 aliphatic rings. The number of aromatic nitrogens is 4. The number of nitriles is 1. The van der Waals surface area contributed by atoms with Crippen molar-refractivity contribution in [3.63, 3.8) is 0 Å². The van der Waals surface area contributed by atoms with Crippen molar-refractivity contribution in [2.75, 3.05) is 30.3 Å². The zero-order valence-corrected chi connectivity index (χ0v) is 17.2. The van der Waals surface area contributed by atoms with Crippen molar-refractivity contribution >= 4 is 17.3 Å². The second-order valence-electron chi connectivity index (χ2n) is 7.55. The lowest BCUT2D eigenvalue weighted by atomic mass is 9.98. The highest BCUT2D eigenvalue weighted by molar-refractivity contribution is 5.76. The molecule has 3 N–H and O–H groups in total. The minimum absolute atomic E-state index is 0.239. The van der Waals surface area contributed by atoms with Gasteiger partial charge in [-0.3, -0.25) is 0 Å². The molecule has 0 atom stereocenters. The van der Waals surface area contributed by atoms with Crippen molar-refractivity contribution in [2.24, 2.45) is 5.92 Å². The number of benzene rings is 1. The minimum atomic E-state index is -0.251. The fraction of sp³-hybridized carbons (Fsp3) is 0.318. The molecule has 4 rings (SSSR count). The number of halogens is 1. The van der Waals surface area contributed by atoms with Crippen molar-refractivity contribution in [2.45, 2.75) is 19.8 Å². The lowest BCUT2D eigenvalue weighted by Crippen LogP contribution is -2.31. The maximum Gasteiger partial charge on any atom is 0.158 e. The highest BCUT2D eigenvalue weighted by Crippen LogP contribution is 2.29. The van der Waals surface area contributed by atoms with E-state index < -0.39 is 0 Å². The molecule has 3 heterocycles. The van der Waals surface area contributed by atoms with Crippen molar-refractivity contribution < 1.29 is 4.39 Å². The van der Waals surface area contributed by atoms with Crippen LogP contribution in [0.5, 0.6) is 0 Å². The van der Waals surface area contributed by atoms with Gasteiger partial charge in [0.1, 0.15) is 23.4 Å². The van der Waals surface area contributed by atoms with Crippen LogP contribution in [-0.4, -0.2) is 39.8 Å². The summed E-state index contributed by atoms with van der Waals surface area (Å²) in [7, 11) is 0. The predicted molar refractivity (Wildman–Crippen MR) is 116 cm³/mol. The first-order chi connectivity index (χ1) is 15.1. The zero-order chi connectivity index (χ0) is 21.6. The van der Waals surface area contributed by atoms with Gasteiger partial charge in [-0.2, -0.15) is 5.26 Å². The molecule has 1 saturated heterocycles. The van der Waals surface area contributed by atoms with E-state index in [1.165, 1.54) is 18.5 Å². The summed E-state index contributed by atoms with van der Waals surface area (Å²) in [4.78, 5) is 8.17. The Bertz CT molecular complexity index is 1090. The Morgan fingerprint density at radius 2 is 1.97 bits per heavy atom. The van der Waals surface area contributed by atoms with Gasteiger partial charge in [0, 0.05) is 18.2 Å². The van der Waals surface area contributed by atoms with Gasteiger partial charge in [-0.1, -0.05) is 0 Å². The van der Waals surface area contributed by atoms with Crippen LogP contribution in [0.15, 0.2) is 36.7 Å². The quantitative estimate of drug-likeness (QED) is 0.558. The first kappa shape index (κ1) is 20.6. The average molecular weight is 418 g/mol. The number of nitrogens with one attached hydrogen (secondary N) is 3. The fourth-order valence-electron chi connectivity index (χ4n) is 3.51. The van der Waals surface area contributed by atoms with Crippen LogP contribution in [0.3, 0.4) is 0 Å². The molecule has 0 unspecified atom stereocenters. The summed E-state index contributed by atoms with van der Waals surface area (Å²) < 4.78 is 13.8. The van der Waals surface area contributed by atoms with Crippen molar-refractivity contribution in [3.05, 3.63) is 53.7 Å². The van der Waals surface area contributed by atoms with E-state index in [4.69, 9.17) is 5.26 Å². The van der Waals surface area contributed by atoms with E-state index in [-0.39, 0.29) is 11.5 Å². The number of hydrogen-bond donors (Lipinski definition) is 3. The molecule has 1 fully saturated rings. The van der Waals surface area contributed by atoms with Crippen LogP contribution in [0, 0.1) is 30.0 Å². The SMILES string of the molecule is Cc1cc(-c2nnc(Nc3cnc(C#N)cn3)cc2NCC2CCNCC2)ccc1F. The third kappa shape index (κ3) is 5.10. The molecule has 0 spiro atoms. The van der Waals surface area contributed by atoms with Gasteiger partial charge < -0.3 is 16.0 Å². The smallest absolute Gasteiger partial charge is 0.158 e. The van der Waals surface area contributed by atoms with Crippen LogP contribution in [0.25, 0.3) is 11.3 Å². The molecule has 0 bridgehead atoms. The van der Waals surface area contributed by atoms with Crippen molar-refractivity contribution in [1.82, 2.24) is 25.5 Å². The molecule has 1 aliphatic heterocycles. The summed E-state index contributed by atoms with van der Waals surface area (Å²) in [6, 6.07) is 8.73. The summed E-state index contributed by atoms with van der Waals surface area (Å²) in [5, 5.41) is 27.5.